The van der Waals surface area contributed by atoms with Gasteiger partial charge in [-0.25, -0.2) is 0 Å². The van der Waals surface area contributed by atoms with E-state index in [0.29, 0.717) is 38.0 Å². The molecule has 1 amide bonds. The first-order valence-electron chi connectivity index (χ1n) is 10.1. The minimum Gasteiger partial charge on any atom is -0.406 e. The van der Waals surface area contributed by atoms with E-state index in [-0.39, 0.29) is 11.7 Å². The zero-order valence-electron chi connectivity index (χ0n) is 16.9. The number of hydrogen-bond acceptors (Lipinski definition) is 4. The lowest BCUT2D eigenvalue weighted by Gasteiger charge is -2.47. The maximum Gasteiger partial charge on any atom is 0.573 e. The van der Waals surface area contributed by atoms with E-state index in [1.54, 1.807) is 11.0 Å². The van der Waals surface area contributed by atoms with E-state index in [4.69, 9.17) is 0 Å². The molecule has 1 saturated heterocycles. The van der Waals surface area contributed by atoms with E-state index in [1.807, 2.05) is 13.8 Å². The van der Waals surface area contributed by atoms with Crippen molar-refractivity contribution in [3.63, 3.8) is 0 Å². The van der Waals surface area contributed by atoms with Crippen LogP contribution in [0.2, 0.25) is 0 Å². The molecule has 1 aromatic carbocycles. The third-order valence-corrected chi connectivity index (χ3v) is 6.00. The Labute approximate surface area is 169 Å². The second kappa shape index (κ2) is 8.14. The Morgan fingerprint density at radius 3 is 2.55 bits per heavy atom. The number of aliphatic hydroxyl groups is 1. The average molecular weight is 414 g/mol. The zero-order valence-corrected chi connectivity index (χ0v) is 16.9. The summed E-state index contributed by atoms with van der Waals surface area (Å²) < 4.78 is 42.2. The van der Waals surface area contributed by atoms with Crippen LogP contribution in [0.15, 0.2) is 24.3 Å². The van der Waals surface area contributed by atoms with E-state index in [1.165, 1.54) is 18.2 Å². The van der Waals surface area contributed by atoms with E-state index >= 15 is 0 Å². The van der Waals surface area contributed by atoms with E-state index in [2.05, 4.69) is 10.1 Å². The third-order valence-electron chi connectivity index (χ3n) is 6.00. The quantitative estimate of drug-likeness (QED) is 0.791. The lowest BCUT2D eigenvalue weighted by Crippen LogP contribution is -2.62. The number of ether oxygens (including phenoxy) is 1. The first-order valence-corrected chi connectivity index (χ1v) is 10.1. The normalized spacial score (nSPS) is 22.8. The molecule has 2 fully saturated rings. The highest BCUT2D eigenvalue weighted by atomic mass is 19.4. The van der Waals surface area contributed by atoms with Crippen LogP contribution in [0.5, 0.6) is 5.75 Å². The molecule has 1 aliphatic carbocycles. The molecular formula is C21H29F3N2O3. The van der Waals surface area contributed by atoms with Crippen LogP contribution >= 0.6 is 0 Å². The lowest BCUT2D eigenvalue weighted by atomic mass is 9.71. The predicted molar refractivity (Wildman–Crippen MR) is 103 cm³/mol. The summed E-state index contributed by atoms with van der Waals surface area (Å²) in [5.74, 6) is -1.56. The molecule has 162 valence electrons. The number of nitrogens with zero attached hydrogens (tertiary/aromatic N) is 1. The fourth-order valence-corrected chi connectivity index (χ4v) is 4.57. The van der Waals surface area contributed by atoms with Crippen LogP contribution in [-0.4, -0.2) is 53.1 Å². The number of piperazine rings is 1. The van der Waals surface area contributed by atoms with Crippen LogP contribution in [0, 0.1) is 0 Å². The van der Waals surface area contributed by atoms with Crippen molar-refractivity contribution in [2.45, 2.75) is 69.4 Å². The number of alkyl halides is 3. The molecule has 0 bridgehead atoms. The molecule has 2 aliphatic rings. The van der Waals surface area contributed by atoms with E-state index < -0.39 is 23.4 Å². The SMILES string of the molecule is CC1(C)CNCCN1C(=O)C(c1cccc(OC(F)(F)F)c1)C1(O)CCCCC1. The van der Waals surface area contributed by atoms with Crippen LogP contribution in [0.3, 0.4) is 0 Å². The van der Waals surface area contributed by atoms with Gasteiger partial charge in [0.2, 0.25) is 5.91 Å². The number of carbonyl (C=O) groups is 1. The molecule has 3 rings (SSSR count). The standard InChI is InChI=1S/C21H29F3N2O3/c1-19(2)14-25-11-12-26(19)18(27)17(20(28)9-4-3-5-10-20)15-7-6-8-16(13-15)29-21(22,23)24/h6-8,13,17,25,28H,3-5,9-12,14H2,1-2H3. The van der Waals surface area contributed by atoms with Gasteiger partial charge in [-0.3, -0.25) is 4.79 Å². The molecule has 1 saturated carbocycles. The maximum absolute atomic E-state index is 13.7. The van der Waals surface area contributed by atoms with E-state index in [9.17, 15) is 23.1 Å². The number of halogens is 3. The summed E-state index contributed by atoms with van der Waals surface area (Å²) in [5.41, 5.74) is -1.39. The molecule has 1 heterocycles. The summed E-state index contributed by atoms with van der Waals surface area (Å²) in [5, 5.41) is 14.7. The van der Waals surface area contributed by atoms with Gasteiger partial charge < -0.3 is 20.1 Å². The monoisotopic (exact) mass is 414 g/mol. The Morgan fingerprint density at radius 2 is 1.93 bits per heavy atom. The molecule has 0 aromatic heterocycles. The van der Waals surface area contributed by atoms with Gasteiger partial charge >= 0.3 is 6.36 Å². The lowest BCUT2D eigenvalue weighted by molar-refractivity contribution is -0.274. The summed E-state index contributed by atoms with van der Waals surface area (Å²) in [4.78, 5) is 15.4. The van der Waals surface area contributed by atoms with Gasteiger partial charge in [-0.15, -0.1) is 13.2 Å². The van der Waals surface area contributed by atoms with Crippen molar-refractivity contribution in [2.24, 2.45) is 0 Å². The number of amides is 1. The highest BCUT2D eigenvalue weighted by Crippen LogP contribution is 2.43. The molecule has 8 heteroatoms. The summed E-state index contributed by atoms with van der Waals surface area (Å²) in [6.07, 6.45) is -1.39. The first kappa shape index (κ1) is 21.9. The molecule has 1 unspecified atom stereocenters. The predicted octanol–water partition coefficient (Wildman–Crippen LogP) is 3.57. The molecule has 1 aromatic rings. The van der Waals surface area contributed by atoms with Crippen molar-refractivity contribution in [3.8, 4) is 5.75 Å². The van der Waals surface area contributed by atoms with Crippen molar-refractivity contribution in [2.75, 3.05) is 19.6 Å². The Bertz CT molecular complexity index is 730. The zero-order chi connectivity index (χ0) is 21.3. The second-order valence-corrected chi connectivity index (χ2v) is 8.70. The van der Waals surface area contributed by atoms with Crippen molar-refractivity contribution in [1.82, 2.24) is 10.2 Å². The smallest absolute Gasteiger partial charge is 0.406 e. The van der Waals surface area contributed by atoms with Crippen LogP contribution in [0.1, 0.15) is 57.4 Å². The van der Waals surface area contributed by atoms with Gasteiger partial charge in [0.25, 0.3) is 0 Å². The largest absolute Gasteiger partial charge is 0.573 e. The average Bonchev–Trinajstić information content (AvgIpc) is 2.60. The molecular weight excluding hydrogens is 385 g/mol. The third kappa shape index (κ3) is 5.04. The topological polar surface area (TPSA) is 61.8 Å². The molecule has 2 N–H and O–H groups in total. The van der Waals surface area contributed by atoms with Gasteiger partial charge in [0.05, 0.1) is 11.5 Å². The number of nitrogens with one attached hydrogen (secondary N) is 1. The molecule has 5 nitrogen and oxygen atoms in total. The molecule has 0 radical (unpaired) electrons. The van der Waals surface area contributed by atoms with Gasteiger partial charge in [0, 0.05) is 25.2 Å². The fourth-order valence-electron chi connectivity index (χ4n) is 4.57. The Hall–Kier alpha value is -1.80. The van der Waals surface area contributed by atoms with Gasteiger partial charge in [-0.2, -0.15) is 0 Å². The first-order chi connectivity index (χ1) is 13.5. The Morgan fingerprint density at radius 1 is 1.24 bits per heavy atom. The van der Waals surface area contributed by atoms with Crippen molar-refractivity contribution in [1.29, 1.82) is 0 Å². The van der Waals surface area contributed by atoms with Gasteiger partial charge in [0.15, 0.2) is 0 Å². The Balaban J connectivity index is 2.00. The number of benzene rings is 1. The summed E-state index contributed by atoms with van der Waals surface area (Å²) >= 11 is 0. The van der Waals surface area contributed by atoms with E-state index in [0.717, 1.165) is 19.3 Å². The number of carbonyl (C=O) groups excluding carboxylic acids is 1. The van der Waals surface area contributed by atoms with Crippen molar-refractivity contribution in [3.05, 3.63) is 29.8 Å². The minimum absolute atomic E-state index is 0.245. The van der Waals surface area contributed by atoms with Crippen LogP contribution in [0.25, 0.3) is 0 Å². The maximum atomic E-state index is 13.7. The van der Waals surface area contributed by atoms with Crippen LogP contribution < -0.4 is 10.1 Å². The molecule has 1 atom stereocenters. The molecule has 0 spiro atoms. The van der Waals surface area contributed by atoms with Gasteiger partial charge in [-0.1, -0.05) is 31.4 Å². The van der Waals surface area contributed by atoms with Gasteiger partial charge in [0.1, 0.15) is 5.75 Å². The molecule has 29 heavy (non-hydrogen) atoms. The minimum atomic E-state index is -4.82. The second-order valence-electron chi connectivity index (χ2n) is 8.70. The number of hydrogen-bond donors (Lipinski definition) is 2. The highest BCUT2D eigenvalue weighted by Gasteiger charge is 2.47. The summed E-state index contributed by atoms with van der Waals surface area (Å²) in [7, 11) is 0. The highest BCUT2D eigenvalue weighted by molar-refractivity contribution is 5.86. The van der Waals surface area contributed by atoms with Crippen molar-refractivity contribution < 1.29 is 27.8 Å². The van der Waals surface area contributed by atoms with Crippen LogP contribution in [-0.2, 0) is 4.79 Å². The van der Waals surface area contributed by atoms with Crippen molar-refractivity contribution >= 4 is 5.91 Å². The Kier molecular flexibility index (Phi) is 6.15. The molecule has 1 aliphatic heterocycles. The fraction of sp³-hybridized carbons (Fsp3) is 0.667. The van der Waals surface area contributed by atoms with Crippen LogP contribution in [0.4, 0.5) is 13.2 Å². The number of rotatable bonds is 4. The summed E-state index contributed by atoms with van der Waals surface area (Å²) in [6, 6.07) is 5.48. The van der Waals surface area contributed by atoms with Gasteiger partial charge in [-0.05, 0) is 44.4 Å². The summed E-state index contributed by atoms with van der Waals surface area (Å²) in [6.45, 7) is 5.63.